The molecule has 3 N–H and O–H groups in total. The van der Waals surface area contributed by atoms with Crippen LogP contribution in [0.4, 0.5) is 0 Å². The molecule has 0 aromatic heterocycles. The van der Waals surface area contributed by atoms with Crippen LogP contribution in [0.15, 0.2) is 0 Å². The van der Waals surface area contributed by atoms with E-state index in [-0.39, 0.29) is 0 Å². The summed E-state index contributed by atoms with van der Waals surface area (Å²) in [6.45, 7) is 2.06. The SMILES string of the molecule is CNCCCCCCCCCCCCCCCCN. The smallest absolute Gasteiger partial charge is 0.00519 e. The molecule has 0 heterocycles. The first kappa shape index (κ1) is 18.9. The summed E-state index contributed by atoms with van der Waals surface area (Å²) in [5.41, 5.74) is 5.48. The maximum Gasteiger partial charge on any atom is -0.00519 e. The highest BCUT2D eigenvalue weighted by atomic mass is 14.8. The second-order valence-electron chi connectivity index (χ2n) is 5.84. The fourth-order valence-electron chi connectivity index (χ4n) is 2.57. The van der Waals surface area contributed by atoms with E-state index in [1.165, 1.54) is 96.4 Å². The van der Waals surface area contributed by atoms with E-state index in [1.807, 2.05) is 7.05 Å². The third-order valence-electron chi connectivity index (χ3n) is 3.88. The molecule has 0 unspecified atom stereocenters. The molecule has 2 nitrogen and oxygen atoms in total. The van der Waals surface area contributed by atoms with E-state index in [1.54, 1.807) is 0 Å². The number of nitrogens with one attached hydrogen (secondary N) is 1. The molecule has 0 aromatic rings. The summed E-state index contributed by atoms with van der Waals surface area (Å²) in [5.74, 6) is 0. The molecule has 0 aromatic carbocycles. The van der Waals surface area contributed by atoms with Crippen molar-refractivity contribution in [3.05, 3.63) is 0 Å². The lowest BCUT2D eigenvalue weighted by atomic mass is 10.0. The molecule has 0 atom stereocenters. The van der Waals surface area contributed by atoms with Gasteiger partial charge in [-0.1, -0.05) is 77.0 Å². The van der Waals surface area contributed by atoms with Crippen molar-refractivity contribution in [3.8, 4) is 0 Å². The van der Waals surface area contributed by atoms with E-state index in [9.17, 15) is 0 Å². The van der Waals surface area contributed by atoms with Crippen LogP contribution in [0, 0.1) is 0 Å². The molecule has 0 spiro atoms. The molecule has 0 saturated carbocycles. The zero-order valence-electron chi connectivity index (χ0n) is 13.4. The highest BCUT2D eigenvalue weighted by Gasteiger charge is 1.93. The normalized spacial score (nSPS) is 11.1. The van der Waals surface area contributed by atoms with Crippen molar-refractivity contribution in [3.63, 3.8) is 0 Å². The van der Waals surface area contributed by atoms with E-state index < -0.39 is 0 Å². The van der Waals surface area contributed by atoms with E-state index in [0.29, 0.717) is 0 Å². The van der Waals surface area contributed by atoms with Crippen molar-refractivity contribution in [2.24, 2.45) is 5.73 Å². The highest BCUT2D eigenvalue weighted by molar-refractivity contribution is 4.50. The van der Waals surface area contributed by atoms with Crippen molar-refractivity contribution in [1.29, 1.82) is 0 Å². The Morgan fingerprint density at radius 3 is 1.16 bits per heavy atom. The van der Waals surface area contributed by atoms with Crippen LogP contribution in [0.2, 0.25) is 0 Å². The standard InChI is InChI=1S/C17H38N2/c1-19-17-15-13-11-9-7-5-3-2-4-6-8-10-12-14-16-18/h19H,2-18H2,1H3. The Morgan fingerprint density at radius 2 is 0.842 bits per heavy atom. The van der Waals surface area contributed by atoms with Gasteiger partial charge in [0.1, 0.15) is 0 Å². The molecule has 0 saturated heterocycles. The fraction of sp³-hybridized carbons (Fsp3) is 1.00. The number of nitrogens with two attached hydrogens (primary N) is 1. The Labute approximate surface area is 121 Å². The number of unbranched alkanes of at least 4 members (excludes halogenated alkanes) is 13. The monoisotopic (exact) mass is 270 g/mol. The fourth-order valence-corrected chi connectivity index (χ4v) is 2.57. The molecule has 0 rings (SSSR count). The first-order chi connectivity index (χ1) is 9.41. The summed E-state index contributed by atoms with van der Waals surface area (Å²) in [5, 5.41) is 3.21. The van der Waals surface area contributed by atoms with Crippen molar-refractivity contribution in [2.75, 3.05) is 20.1 Å². The lowest BCUT2D eigenvalue weighted by molar-refractivity contribution is 0.532. The van der Waals surface area contributed by atoms with E-state index in [4.69, 9.17) is 5.73 Å². The topological polar surface area (TPSA) is 38.0 Å². The van der Waals surface area contributed by atoms with Gasteiger partial charge in [-0.15, -0.1) is 0 Å². The van der Waals surface area contributed by atoms with Crippen LogP contribution in [-0.2, 0) is 0 Å². The minimum atomic E-state index is 0.870. The largest absolute Gasteiger partial charge is 0.330 e. The predicted molar refractivity (Wildman–Crippen MR) is 87.6 cm³/mol. The zero-order chi connectivity index (χ0) is 14.0. The van der Waals surface area contributed by atoms with Gasteiger partial charge in [-0.2, -0.15) is 0 Å². The molecule has 0 aliphatic rings. The van der Waals surface area contributed by atoms with Crippen LogP contribution in [0.3, 0.4) is 0 Å². The van der Waals surface area contributed by atoms with Gasteiger partial charge in [0.15, 0.2) is 0 Å². The lowest BCUT2D eigenvalue weighted by Crippen LogP contribution is -2.06. The first-order valence-corrected chi connectivity index (χ1v) is 8.76. The number of hydrogen-bond donors (Lipinski definition) is 2. The minimum Gasteiger partial charge on any atom is -0.330 e. The molecule has 0 bridgehead atoms. The zero-order valence-corrected chi connectivity index (χ0v) is 13.4. The average Bonchev–Trinajstić information content (AvgIpc) is 2.43. The molecule has 2 heteroatoms. The van der Waals surface area contributed by atoms with Gasteiger partial charge in [-0.05, 0) is 33.0 Å². The molecule has 116 valence electrons. The Kier molecular flexibility index (Phi) is 17.8. The van der Waals surface area contributed by atoms with Crippen LogP contribution in [-0.4, -0.2) is 20.1 Å². The highest BCUT2D eigenvalue weighted by Crippen LogP contribution is 2.12. The van der Waals surface area contributed by atoms with Gasteiger partial charge in [0, 0.05) is 0 Å². The van der Waals surface area contributed by atoms with Gasteiger partial charge in [-0.3, -0.25) is 0 Å². The van der Waals surface area contributed by atoms with Crippen LogP contribution in [0.5, 0.6) is 0 Å². The summed E-state index contributed by atoms with van der Waals surface area (Å²) in [4.78, 5) is 0. The summed E-state index contributed by atoms with van der Waals surface area (Å²) >= 11 is 0. The number of rotatable bonds is 16. The average molecular weight is 271 g/mol. The molecule has 0 radical (unpaired) electrons. The summed E-state index contributed by atoms with van der Waals surface area (Å²) < 4.78 is 0. The molecular formula is C17H38N2. The van der Waals surface area contributed by atoms with Gasteiger partial charge in [0.25, 0.3) is 0 Å². The van der Waals surface area contributed by atoms with Crippen LogP contribution >= 0.6 is 0 Å². The molecule has 0 fully saturated rings. The van der Waals surface area contributed by atoms with Gasteiger partial charge in [-0.25, -0.2) is 0 Å². The number of hydrogen-bond acceptors (Lipinski definition) is 2. The van der Waals surface area contributed by atoms with Gasteiger partial charge >= 0.3 is 0 Å². The summed E-state index contributed by atoms with van der Waals surface area (Å²) in [6.07, 6.45) is 19.7. The molecule has 0 aliphatic heterocycles. The Balaban J connectivity index is 2.88. The first-order valence-electron chi connectivity index (χ1n) is 8.76. The Morgan fingerprint density at radius 1 is 0.526 bits per heavy atom. The van der Waals surface area contributed by atoms with E-state index >= 15 is 0 Å². The Bertz CT molecular complexity index is 132. The summed E-state index contributed by atoms with van der Waals surface area (Å²) in [7, 11) is 2.04. The van der Waals surface area contributed by atoms with Gasteiger partial charge in [0.05, 0.1) is 0 Å². The minimum absolute atomic E-state index is 0.870. The molecule has 19 heavy (non-hydrogen) atoms. The molecule has 0 amide bonds. The second-order valence-corrected chi connectivity index (χ2v) is 5.84. The van der Waals surface area contributed by atoms with Crippen molar-refractivity contribution in [1.82, 2.24) is 5.32 Å². The second kappa shape index (κ2) is 17.9. The van der Waals surface area contributed by atoms with Crippen molar-refractivity contribution >= 4 is 0 Å². The van der Waals surface area contributed by atoms with E-state index in [2.05, 4.69) is 5.32 Å². The predicted octanol–water partition coefficient (Wildman–Crippen LogP) is 4.63. The maximum atomic E-state index is 5.48. The summed E-state index contributed by atoms with van der Waals surface area (Å²) in [6, 6.07) is 0. The van der Waals surface area contributed by atoms with E-state index in [0.717, 1.165) is 6.54 Å². The molecular weight excluding hydrogens is 232 g/mol. The van der Waals surface area contributed by atoms with Crippen molar-refractivity contribution in [2.45, 2.75) is 89.9 Å². The third kappa shape index (κ3) is 17.9. The maximum absolute atomic E-state index is 5.48. The lowest BCUT2D eigenvalue weighted by Gasteiger charge is -2.03. The van der Waals surface area contributed by atoms with Crippen LogP contribution in [0.25, 0.3) is 0 Å². The van der Waals surface area contributed by atoms with Gasteiger partial charge in [0.2, 0.25) is 0 Å². The third-order valence-corrected chi connectivity index (χ3v) is 3.88. The van der Waals surface area contributed by atoms with Crippen LogP contribution in [0.1, 0.15) is 89.9 Å². The Hall–Kier alpha value is -0.0800. The van der Waals surface area contributed by atoms with Gasteiger partial charge < -0.3 is 11.1 Å². The molecule has 0 aliphatic carbocycles. The quantitative estimate of drug-likeness (QED) is 0.401. The van der Waals surface area contributed by atoms with Crippen molar-refractivity contribution < 1.29 is 0 Å². The van der Waals surface area contributed by atoms with Crippen LogP contribution < -0.4 is 11.1 Å².